The number of aryl methyl sites for hydroxylation is 1. The molecule has 0 fully saturated rings. The van der Waals surface area contributed by atoms with Gasteiger partial charge in [0.15, 0.2) is 0 Å². The number of halogens is 1. The quantitative estimate of drug-likeness (QED) is 0.859. The summed E-state index contributed by atoms with van der Waals surface area (Å²) < 4.78 is 5.60. The highest BCUT2D eigenvalue weighted by Crippen LogP contribution is 2.20. The summed E-state index contributed by atoms with van der Waals surface area (Å²) in [7, 11) is 1.31. The molecule has 5 heteroatoms. The molecule has 0 saturated carbocycles. The number of carbonyl (C=O) groups excluding carboxylic acids is 2. The van der Waals surface area contributed by atoms with E-state index in [0.29, 0.717) is 11.1 Å². The summed E-state index contributed by atoms with van der Waals surface area (Å²) in [5.41, 5.74) is 2.42. The number of methoxy groups -OCH3 is 1. The van der Waals surface area contributed by atoms with Crippen molar-refractivity contribution in [2.45, 2.75) is 6.92 Å². The number of carbonyl (C=O) groups is 2. The van der Waals surface area contributed by atoms with Gasteiger partial charge in [0, 0.05) is 15.7 Å². The van der Waals surface area contributed by atoms with Crippen LogP contribution in [0.1, 0.15) is 26.3 Å². The Bertz CT molecular complexity index is 698. The Morgan fingerprint density at radius 1 is 1.10 bits per heavy atom. The number of hydrogen-bond acceptors (Lipinski definition) is 3. The SMILES string of the molecule is COC(=O)c1cccc(C(=O)Nc2ccc(Br)cc2C)c1. The molecule has 2 aromatic rings. The molecule has 108 valence electrons. The monoisotopic (exact) mass is 347 g/mol. The van der Waals surface area contributed by atoms with Crippen LogP contribution < -0.4 is 5.32 Å². The molecule has 2 rings (SSSR count). The van der Waals surface area contributed by atoms with Gasteiger partial charge >= 0.3 is 5.97 Å². The Balaban J connectivity index is 2.22. The number of nitrogens with one attached hydrogen (secondary N) is 1. The van der Waals surface area contributed by atoms with E-state index in [2.05, 4.69) is 26.0 Å². The first-order valence-corrected chi connectivity index (χ1v) is 7.06. The van der Waals surface area contributed by atoms with Gasteiger partial charge in [-0.05, 0) is 48.9 Å². The first-order chi connectivity index (χ1) is 10.0. The van der Waals surface area contributed by atoms with E-state index in [9.17, 15) is 9.59 Å². The molecule has 0 saturated heterocycles. The van der Waals surface area contributed by atoms with E-state index in [0.717, 1.165) is 15.7 Å². The average Bonchev–Trinajstić information content (AvgIpc) is 2.49. The fraction of sp³-hybridized carbons (Fsp3) is 0.125. The molecule has 1 N–H and O–H groups in total. The van der Waals surface area contributed by atoms with Crippen molar-refractivity contribution in [3.63, 3.8) is 0 Å². The van der Waals surface area contributed by atoms with Crippen LogP contribution >= 0.6 is 15.9 Å². The lowest BCUT2D eigenvalue weighted by molar-refractivity contribution is 0.0600. The van der Waals surface area contributed by atoms with Crippen molar-refractivity contribution in [1.29, 1.82) is 0 Å². The number of ether oxygens (including phenoxy) is 1. The molecule has 0 aliphatic carbocycles. The van der Waals surface area contributed by atoms with Gasteiger partial charge in [-0.1, -0.05) is 22.0 Å². The van der Waals surface area contributed by atoms with Crippen molar-refractivity contribution in [1.82, 2.24) is 0 Å². The van der Waals surface area contributed by atoms with E-state index in [-0.39, 0.29) is 5.91 Å². The Kier molecular flexibility index (Phi) is 4.75. The Morgan fingerprint density at radius 3 is 2.48 bits per heavy atom. The summed E-state index contributed by atoms with van der Waals surface area (Å²) in [4.78, 5) is 23.7. The zero-order valence-electron chi connectivity index (χ0n) is 11.6. The molecule has 0 aliphatic heterocycles. The first kappa shape index (κ1) is 15.3. The van der Waals surface area contributed by atoms with Crippen LogP contribution in [-0.2, 0) is 4.74 Å². The summed E-state index contributed by atoms with van der Waals surface area (Å²) in [6, 6.07) is 12.0. The minimum atomic E-state index is -0.468. The average molecular weight is 348 g/mol. The molecule has 0 spiro atoms. The van der Waals surface area contributed by atoms with Gasteiger partial charge in [-0.2, -0.15) is 0 Å². The van der Waals surface area contributed by atoms with E-state index in [1.165, 1.54) is 13.2 Å². The number of anilines is 1. The molecule has 1 amide bonds. The fourth-order valence-corrected chi connectivity index (χ4v) is 2.34. The number of benzene rings is 2. The zero-order valence-corrected chi connectivity index (χ0v) is 13.2. The number of esters is 1. The van der Waals surface area contributed by atoms with Crippen LogP contribution in [0.2, 0.25) is 0 Å². The topological polar surface area (TPSA) is 55.4 Å². The molecule has 2 aromatic carbocycles. The van der Waals surface area contributed by atoms with Crippen molar-refractivity contribution in [2.75, 3.05) is 12.4 Å². The lowest BCUT2D eigenvalue weighted by Crippen LogP contribution is -2.13. The summed E-state index contributed by atoms with van der Waals surface area (Å²) in [6.07, 6.45) is 0. The highest BCUT2D eigenvalue weighted by molar-refractivity contribution is 9.10. The molecule has 21 heavy (non-hydrogen) atoms. The van der Waals surface area contributed by atoms with Crippen LogP contribution in [0.5, 0.6) is 0 Å². The lowest BCUT2D eigenvalue weighted by Gasteiger charge is -2.09. The zero-order chi connectivity index (χ0) is 15.4. The molecule has 0 atom stereocenters. The standard InChI is InChI=1S/C16H14BrNO3/c1-10-8-13(17)6-7-14(10)18-15(19)11-4-3-5-12(9-11)16(20)21-2/h3-9H,1-2H3,(H,18,19). The second kappa shape index (κ2) is 6.54. The molecule has 0 unspecified atom stereocenters. The maximum atomic E-state index is 12.2. The highest BCUT2D eigenvalue weighted by atomic mass is 79.9. The van der Waals surface area contributed by atoms with Gasteiger partial charge in [-0.25, -0.2) is 4.79 Å². The third-order valence-electron chi connectivity index (χ3n) is 2.98. The highest BCUT2D eigenvalue weighted by Gasteiger charge is 2.11. The van der Waals surface area contributed by atoms with E-state index >= 15 is 0 Å². The molecule has 0 aliphatic rings. The summed E-state index contributed by atoms with van der Waals surface area (Å²) in [6.45, 7) is 1.91. The van der Waals surface area contributed by atoms with Crippen LogP contribution in [0.15, 0.2) is 46.9 Å². The van der Waals surface area contributed by atoms with Gasteiger partial charge in [0.2, 0.25) is 0 Å². The van der Waals surface area contributed by atoms with Crippen LogP contribution in [0.4, 0.5) is 5.69 Å². The maximum absolute atomic E-state index is 12.2. The second-order valence-electron chi connectivity index (χ2n) is 4.49. The van der Waals surface area contributed by atoms with E-state index in [1.54, 1.807) is 18.2 Å². The predicted octanol–water partition coefficient (Wildman–Crippen LogP) is 3.80. The summed E-state index contributed by atoms with van der Waals surface area (Å²) in [5, 5.41) is 2.83. The van der Waals surface area contributed by atoms with Gasteiger partial charge in [0.1, 0.15) is 0 Å². The van der Waals surface area contributed by atoms with Crippen LogP contribution in [0, 0.1) is 6.92 Å². The third kappa shape index (κ3) is 3.70. The molecular weight excluding hydrogens is 334 g/mol. The number of rotatable bonds is 3. The maximum Gasteiger partial charge on any atom is 0.337 e. The van der Waals surface area contributed by atoms with E-state index in [1.807, 2.05) is 25.1 Å². The second-order valence-corrected chi connectivity index (χ2v) is 5.40. The van der Waals surface area contributed by atoms with Gasteiger partial charge < -0.3 is 10.1 Å². The molecule has 0 heterocycles. The van der Waals surface area contributed by atoms with Gasteiger partial charge in [-0.3, -0.25) is 4.79 Å². The minimum absolute atomic E-state index is 0.272. The van der Waals surface area contributed by atoms with Gasteiger partial charge in [-0.15, -0.1) is 0 Å². The molecule has 0 bridgehead atoms. The summed E-state index contributed by atoms with van der Waals surface area (Å²) in [5.74, 6) is -0.740. The van der Waals surface area contributed by atoms with Crippen molar-refractivity contribution in [3.8, 4) is 0 Å². The molecule has 4 nitrogen and oxygen atoms in total. The third-order valence-corrected chi connectivity index (χ3v) is 3.48. The largest absolute Gasteiger partial charge is 0.465 e. The van der Waals surface area contributed by atoms with Gasteiger partial charge in [0.25, 0.3) is 5.91 Å². The van der Waals surface area contributed by atoms with Gasteiger partial charge in [0.05, 0.1) is 12.7 Å². The Labute approximate surface area is 131 Å². The molecular formula is C16H14BrNO3. The molecule has 0 radical (unpaired) electrons. The number of hydrogen-bond donors (Lipinski definition) is 1. The van der Waals surface area contributed by atoms with Crippen LogP contribution in [-0.4, -0.2) is 19.0 Å². The summed E-state index contributed by atoms with van der Waals surface area (Å²) >= 11 is 3.38. The predicted molar refractivity (Wildman–Crippen MR) is 84.6 cm³/mol. The minimum Gasteiger partial charge on any atom is -0.465 e. The first-order valence-electron chi connectivity index (χ1n) is 6.27. The van der Waals surface area contributed by atoms with Crippen molar-refractivity contribution in [2.24, 2.45) is 0 Å². The van der Waals surface area contributed by atoms with Crippen LogP contribution in [0.3, 0.4) is 0 Å². The Morgan fingerprint density at radius 2 is 1.81 bits per heavy atom. The Hall–Kier alpha value is -2.14. The van der Waals surface area contributed by atoms with E-state index in [4.69, 9.17) is 0 Å². The van der Waals surface area contributed by atoms with E-state index < -0.39 is 5.97 Å². The van der Waals surface area contributed by atoms with Crippen molar-refractivity contribution < 1.29 is 14.3 Å². The molecule has 0 aromatic heterocycles. The smallest absolute Gasteiger partial charge is 0.337 e. The van der Waals surface area contributed by atoms with Crippen molar-refractivity contribution in [3.05, 3.63) is 63.6 Å². The fourth-order valence-electron chi connectivity index (χ4n) is 1.87. The lowest BCUT2D eigenvalue weighted by atomic mass is 10.1. The van der Waals surface area contributed by atoms with Crippen molar-refractivity contribution >= 4 is 33.5 Å². The normalized spacial score (nSPS) is 10.0. The number of amides is 1. The van der Waals surface area contributed by atoms with Crippen LogP contribution in [0.25, 0.3) is 0 Å².